The molecule has 2 heteroatoms. The molecular weight excluding hydrogens is 200 g/mol. The highest BCUT2D eigenvalue weighted by Crippen LogP contribution is 2.32. The summed E-state index contributed by atoms with van der Waals surface area (Å²) >= 11 is 0. The van der Waals surface area contributed by atoms with E-state index in [-0.39, 0.29) is 11.7 Å². The number of hydrogen-bond donors (Lipinski definition) is 0. The summed E-state index contributed by atoms with van der Waals surface area (Å²) in [7, 11) is 0. The van der Waals surface area contributed by atoms with Crippen molar-refractivity contribution >= 4 is 0 Å². The van der Waals surface area contributed by atoms with E-state index in [0.29, 0.717) is 18.6 Å². The fourth-order valence-electron chi connectivity index (χ4n) is 1.67. The van der Waals surface area contributed by atoms with E-state index < -0.39 is 0 Å². The first-order chi connectivity index (χ1) is 7.37. The molecule has 92 valence electrons. The van der Waals surface area contributed by atoms with Crippen LogP contribution in [0.15, 0.2) is 0 Å². The van der Waals surface area contributed by atoms with Crippen LogP contribution in [0.4, 0.5) is 0 Å². The SMILES string of the molecule is CC(C)OCC#CC1CC(OC(C)(C)C)C1. The molecule has 1 rings (SSSR count). The Morgan fingerprint density at radius 1 is 1.25 bits per heavy atom. The van der Waals surface area contributed by atoms with Crippen LogP contribution in [0.25, 0.3) is 0 Å². The Hall–Kier alpha value is -0.520. The Morgan fingerprint density at radius 3 is 2.38 bits per heavy atom. The summed E-state index contributed by atoms with van der Waals surface area (Å²) in [6, 6.07) is 0. The average molecular weight is 224 g/mol. The summed E-state index contributed by atoms with van der Waals surface area (Å²) < 4.78 is 11.2. The molecule has 1 aliphatic rings. The van der Waals surface area contributed by atoms with Crippen molar-refractivity contribution in [3.05, 3.63) is 0 Å². The van der Waals surface area contributed by atoms with Crippen molar-refractivity contribution in [1.29, 1.82) is 0 Å². The zero-order valence-electron chi connectivity index (χ0n) is 11.2. The van der Waals surface area contributed by atoms with Crippen LogP contribution < -0.4 is 0 Å². The third-order valence-electron chi connectivity index (χ3n) is 2.41. The maximum absolute atomic E-state index is 5.85. The fraction of sp³-hybridized carbons (Fsp3) is 0.857. The summed E-state index contributed by atoms with van der Waals surface area (Å²) in [5.74, 6) is 6.83. The minimum atomic E-state index is -0.0240. The molecule has 1 aliphatic carbocycles. The largest absolute Gasteiger partial charge is 0.373 e. The molecule has 0 radical (unpaired) electrons. The van der Waals surface area contributed by atoms with E-state index in [1.807, 2.05) is 13.8 Å². The molecule has 0 aliphatic heterocycles. The van der Waals surface area contributed by atoms with Crippen LogP contribution in [-0.2, 0) is 9.47 Å². The Balaban J connectivity index is 2.12. The summed E-state index contributed by atoms with van der Waals surface area (Å²) in [6.07, 6.45) is 2.83. The van der Waals surface area contributed by atoms with Crippen LogP contribution >= 0.6 is 0 Å². The van der Waals surface area contributed by atoms with E-state index in [9.17, 15) is 0 Å². The standard InChI is InChI=1S/C14H24O2/c1-11(2)15-8-6-7-12-9-13(10-12)16-14(3,4)5/h11-13H,8-10H2,1-5H3. The van der Waals surface area contributed by atoms with Crippen LogP contribution in [0.5, 0.6) is 0 Å². The molecule has 0 atom stereocenters. The third-order valence-corrected chi connectivity index (χ3v) is 2.41. The molecule has 0 amide bonds. The molecule has 16 heavy (non-hydrogen) atoms. The van der Waals surface area contributed by atoms with Gasteiger partial charge in [-0.25, -0.2) is 0 Å². The molecule has 0 N–H and O–H groups in total. The molecule has 0 aromatic heterocycles. The normalized spacial score (nSPS) is 24.9. The summed E-state index contributed by atoms with van der Waals surface area (Å²) in [4.78, 5) is 0. The molecule has 0 unspecified atom stereocenters. The quantitative estimate of drug-likeness (QED) is 0.686. The van der Waals surface area contributed by atoms with Gasteiger partial charge < -0.3 is 9.47 Å². The highest BCUT2D eigenvalue weighted by Gasteiger charge is 2.31. The molecule has 0 aromatic rings. The molecule has 1 saturated carbocycles. The molecule has 0 aromatic carbocycles. The first kappa shape index (κ1) is 13.5. The van der Waals surface area contributed by atoms with Gasteiger partial charge in [0.2, 0.25) is 0 Å². The van der Waals surface area contributed by atoms with E-state index in [4.69, 9.17) is 9.47 Å². The molecule has 2 nitrogen and oxygen atoms in total. The Labute approximate surface area is 99.7 Å². The van der Waals surface area contributed by atoms with Gasteiger partial charge in [0.1, 0.15) is 6.61 Å². The Kier molecular flexibility index (Phi) is 4.83. The monoisotopic (exact) mass is 224 g/mol. The summed E-state index contributed by atoms with van der Waals surface area (Å²) in [5.41, 5.74) is -0.0240. The Bertz CT molecular complexity index is 259. The number of ether oxygens (including phenoxy) is 2. The molecule has 0 bridgehead atoms. The van der Waals surface area contributed by atoms with E-state index in [0.717, 1.165) is 12.8 Å². The predicted molar refractivity (Wildman–Crippen MR) is 66.2 cm³/mol. The van der Waals surface area contributed by atoms with Gasteiger partial charge in [-0.15, -0.1) is 0 Å². The van der Waals surface area contributed by atoms with Crippen LogP contribution in [-0.4, -0.2) is 24.4 Å². The van der Waals surface area contributed by atoms with Gasteiger partial charge in [-0.2, -0.15) is 0 Å². The predicted octanol–water partition coefficient (Wildman–Crippen LogP) is 3.01. The van der Waals surface area contributed by atoms with E-state index in [2.05, 4.69) is 32.6 Å². The third kappa shape index (κ3) is 5.53. The molecular formula is C14H24O2. The van der Waals surface area contributed by atoms with Crippen LogP contribution in [0.3, 0.4) is 0 Å². The minimum absolute atomic E-state index is 0.0240. The molecule has 0 heterocycles. The molecule has 0 spiro atoms. The van der Waals surface area contributed by atoms with Crippen molar-refractivity contribution in [1.82, 2.24) is 0 Å². The average Bonchev–Trinajstić information content (AvgIpc) is 2.04. The van der Waals surface area contributed by atoms with Gasteiger partial charge in [0.25, 0.3) is 0 Å². The highest BCUT2D eigenvalue weighted by atomic mass is 16.5. The lowest BCUT2D eigenvalue weighted by Crippen LogP contribution is -2.36. The van der Waals surface area contributed by atoms with Gasteiger partial charge in [0.05, 0.1) is 17.8 Å². The van der Waals surface area contributed by atoms with Crippen molar-refractivity contribution in [2.45, 2.75) is 65.3 Å². The van der Waals surface area contributed by atoms with Gasteiger partial charge in [-0.1, -0.05) is 11.8 Å². The van der Waals surface area contributed by atoms with Crippen molar-refractivity contribution < 1.29 is 9.47 Å². The van der Waals surface area contributed by atoms with Crippen molar-refractivity contribution in [2.75, 3.05) is 6.61 Å². The number of rotatable bonds is 3. The molecule has 1 fully saturated rings. The van der Waals surface area contributed by atoms with Gasteiger partial charge in [-0.3, -0.25) is 0 Å². The van der Waals surface area contributed by atoms with E-state index in [1.165, 1.54) is 0 Å². The zero-order chi connectivity index (χ0) is 12.2. The highest BCUT2D eigenvalue weighted by molar-refractivity contribution is 5.09. The summed E-state index contributed by atoms with van der Waals surface area (Å²) in [5, 5.41) is 0. The smallest absolute Gasteiger partial charge is 0.108 e. The second-order valence-corrected chi connectivity index (χ2v) is 5.70. The topological polar surface area (TPSA) is 18.5 Å². The van der Waals surface area contributed by atoms with Gasteiger partial charge >= 0.3 is 0 Å². The second-order valence-electron chi connectivity index (χ2n) is 5.70. The van der Waals surface area contributed by atoms with Gasteiger partial charge in [-0.05, 0) is 47.5 Å². The van der Waals surface area contributed by atoms with Crippen molar-refractivity contribution in [3.8, 4) is 11.8 Å². The first-order valence-corrected chi connectivity index (χ1v) is 6.14. The minimum Gasteiger partial charge on any atom is -0.373 e. The lowest BCUT2D eigenvalue weighted by molar-refractivity contribution is -0.103. The van der Waals surface area contributed by atoms with Gasteiger partial charge in [0.15, 0.2) is 0 Å². The second kappa shape index (κ2) is 5.70. The maximum Gasteiger partial charge on any atom is 0.108 e. The van der Waals surface area contributed by atoms with Crippen LogP contribution in [0, 0.1) is 17.8 Å². The zero-order valence-corrected chi connectivity index (χ0v) is 11.2. The summed E-state index contributed by atoms with van der Waals surface area (Å²) in [6.45, 7) is 10.9. The fourth-order valence-corrected chi connectivity index (χ4v) is 1.67. The molecule has 0 saturated heterocycles. The van der Waals surface area contributed by atoms with Crippen molar-refractivity contribution in [2.24, 2.45) is 5.92 Å². The van der Waals surface area contributed by atoms with Crippen LogP contribution in [0.2, 0.25) is 0 Å². The lowest BCUT2D eigenvalue weighted by Gasteiger charge is -2.36. The Morgan fingerprint density at radius 2 is 1.88 bits per heavy atom. The van der Waals surface area contributed by atoms with Crippen molar-refractivity contribution in [3.63, 3.8) is 0 Å². The lowest BCUT2D eigenvalue weighted by atomic mass is 9.82. The first-order valence-electron chi connectivity index (χ1n) is 6.14. The number of hydrogen-bond acceptors (Lipinski definition) is 2. The maximum atomic E-state index is 5.85. The van der Waals surface area contributed by atoms with Gasteiger partial charge in [0, 0.05) is 5.92 Å². The van der Waals surface area contributed by atoms with Crippen LogP contribution in [0.1, 0.15) is 47.5 Å². The van der Waals surface area contributed by atoms with E-state index >= 15 is 0 Å². The van der Waals surface area contributed by atoms with E-state index in [1.54, 1.807) is 0 Å².